The summed E-state index contributed by atoms with van der Waals surface area (Å²) < 4.78 is 97.5. The van der Waals surface area contributed by atoms with Crippen LogP contribution in [0.3, 0.4) is 0 Å². The van der Waals surface area contributed by atoms with Crippen molar-refractivity contribution in [2.45, 2.75) is 29.3 Å². The molecule has 39 heavy (non-hydrogen) atoms. The van der Waals surface area contributed by atoms with Crippen LogP contribution in [0.15, 0.2) is 81.1 Å². The molecule has 3 aromatic rings. The first-order chi connectivity index (χ1) is 18.0. The fraction of sp³-hybridized carbons (Fsp3) is 0.200. The summed E-state index contributed by atoms with van der Waals surface area (Å²) in [6, 6.07) is 12.0. The van der Waals surface area contributed by atoms with E-state index in [1.807, 2.05) is 0 Å². The molecular formula is C25H16Cl2F6N2O3S. The quantitative estimate of drug-likeness (QED) is 0.283. The van der Waals surface area contributed by atoms with Crippen molar-refractivity contribution in [1.29, 1.82) is 0 Å². The van der Waals surface area contributed by atoms with E-state index in [2.05, 4.69) is 9.52 Å². The van der Waals surface area contributed by atoms with E-state index in [0.29, 0.717) is 0 Å². The maximum absolute atomic E-state index is 14.2. The number of halogens is 8. The number of rotatable bonds is 4. The Hall–Kier alpha value is -3.09. The summed E-state index contributed by atoms with van der Waals surface area (Å²) in [5, 5.41) is 3.60. The molecule has 0 saturated heterocycles. The van der Waals surface area contributed by atoms with Crippen LogP contribution in [0.2, 0.25) is 10.0 Å². The molecule has 0 aromatic heterocycles. The average Bonchev–Trinajstić information content (AvgIpc) is 3.30. The third kappa shape index (κ3) is 5.92. The minimum Gasteiger partial charge on any atom is -0.374 e. The minimum absolute atomic E-state index is 0.0198. The zero-order chi connectivity index (χ0) is 28.8. The Kier molecular flexibility index (Phi) is 7.52. The van der Waals surface area contributed by atoms with Crippen molar-refractivity contribution in [2.24, 2.45) is 9.52 Å². The van der Waals surface area contributed by atoms with Crippen molar-refractivity contribution in [2.75, 3.05) is 6.26 Å². The highest BCUT2D eigenvalue weighted by Crippen LogP contribution is 2.49. The first kappa shape index (κ1) is 28.9. The van der Waals surface area contributed by atoms with Crippen molar-refractivity contribution >= 4 is 44.5 Å². The summed E-state index contributed by atoms with van der Waals surface area (Å²) in [4.78, 5) is 17.5. The number of benzene rings is 3. The van der Waals surface area contributed by atoms with Crippen molar-refractivity contribution in [3.8, 4) is 0 Å². The van der Waals surface area contributed by atoms with E-state index in [1.165, 1.54) is 30.3 Å². The molecule has 0 saturated carbocycles. The molecule has 2 atom stereocenters. The lowest BCUT2D eigenvalue weighted by Gasteiger charge is -2.29. The highest BCUT2D eigenvalue weighted by Gasteiger charge is 2.62. The summed E-state index contributed by atoms with van der Waals surface area (Å²) in [6.45, 7) is 0. The van der Waals surface area contributed by atoms with Crippen LogP contribution >= 0.6 is 23.2 Å². The molecule has 3 aromatic carbocycles. The molecular weight excluding hydrogens is 593 g/mol. The maximum atomic E-state index is 14.2. The predicted octanol–water partition coefficient (Wildman–Crippen LogP) is 7.89. The van der Waals surface area contributed by atoms with E-state index in [0.717, 1.165) is 42.7 Å². The smallest absolute Gasteiger partial charge is 0.374 e. The minimum atomic E-state index is -4.89. The van der Waals surface area contributed by atoms with Crippen LogP contribution in [0, 0.1) is 0 Å². The molecule has 0 aliphatic carbocycles. The molecule has 1 heterocycles. The van der Waals surface area contributed by atoms with Crippen LogP contribution < -0.4 is 0 Å². The molecule has 5 nitrogen and oxygen atoms in total. The van der Waals surface area contributed by atoms with Crippen molar-refractivity contribution in [3.05, 3.63) is 99.0 Å². The van der Waals surface area contributed by atoms with Crippen LogP contribution in [0.4, 0.5) is 26.3 Å². The number of carbonyl (C=O) groups is 1. The van der Waals surface area contributed by atoms with E-state index in [4.69, 9.17) is 28.0 Å². The van der Waals surface area contributed by atoms with E-state index in [1.54, 1.807) is 0 Å². The molecule has 0 fully saturated rings. The van der Waals surface area contributed by atoms with Gasteiger partial charge in [-0.1, -0.05) is 40.5 Å². The summed E-state index contributed by atoms with van der Waals surface area (Å²) >= 11 is 11.8. The lowest BCUT2D eigenvalue weighted by atomic mass is 9.86. The van der Waals surface area contributed by atoms with E-state index in [9.17, 15) is 35.3 Å². The summed E-state index contributed by atoms with van der Waals surface area (Å²) in [7, 11) is -3.40. The van der Waals surface area contributed by atoms with Gasteiger partial charge < -0.3 is 4.84 Å². The lowest BCUT2D eigenvalue weighted by molar-refractivity contribution is -0.275. The Morgan fingerprint density at radius 1 is 0.949 bits per heavy atom. The Bertz CT molecular complexity index is 1560. The standard InChI is InChI=1S/C25H16Cl2F6N2O3S/c1-39(37,20-8-6-16(7-9-20)24(28,29)30)35-22(36)15-4-2-14(3-5-15)21-13-23(38-34-21,25(31,32)33)17-10-18(26)12-19(27)11-17/h2-12H,13H2,1H3. The van der Waals surface area contributed by atoms with Crippen molar-refractivity contribution in [3.63, 3.8) is 0 Å². The number of hydrogen-bond donors (Lipinski definition) is 0. The van der Waals surface area contributed by atoms with Gasteiger partial charge >= 0.3 is 12.4 Å². The molecule has 0 spiro atoms. The summed E-state index contributed by atoms with van der Waals surface area (Å²) in [5.41, 5.74) is -4.03. The van der Waals surface area contributed by atoms with Gasteiger partial charge in [-0.15, -0.1) is 0 Å². The van der Waals surface area contributed by atoms with Gasteiger partial charge in [-0.05, 0) is 60.2 Å². The highest BCUT2D eigenvalue weighted by atomic mass is 35.5. The monoisotopic (exact) mass is 608 g/mol. The molecule has 2 unspecified atom stereocenters. The molecule has 14 heteroatoms. The van der Waals surface area contributed by atoms with Gasteiger partial charge in [-0.2, -0.15) is 30.7 Å². The first-order valence-electron chi connectivity index (χ1n) is 10.8. The van der Waals surface area contributed by atoms with Crippen LogP contribution in [0.1, 0.15) is 33.5 Å². The zero-order valence-electron chi connectivity index (χ0n) is 19.6. The van der Waals surface area contributed by atoms with E-state index >= 15 is 0 Å². The molecule has 0 bridgehead atoms. The van der Waals surface area contributed by atoms with Gasteiger partial charge in [0.1, 0.15) is 0 Å². The molecule has 1 amide bonds. The van der Waals surface area contributed by atoms with Gasteiger partial charge in [0.25, 0.3) is 11.5 Å². The fourth-order valence-electron chi connectivity index (χ4n) is 3.81. The SMILES string of the molecule is CS(=O)(=NC(=O)c1ccc(C2=NOC(c3cc(Cl)cc(Cl)c3)(C(F)(F)F)C2)cc1)c1ccc(C(F)(F)F)cc1. The van der Waals surface area contributed by atoms with Crippen LogP contribution in [0.25, 0.3) is 0 Å². The van der Waals surface area contributed by atoms with E-state index < -0.39 is 45.6 Å². The molecule has 0 N–H and O–H groups in total. The second kappa shape index (κ2) is 10.1. The predicted molar refractivity (Wildman–Crippen MR) is 133 cm³/mol. The third-order valence-electron chi connectivity index (χ3n) is 5.86. The van der Waals surface area contributed by atoms with E-state index in [-0.39, 0.29) is 37.3 Å². The van der Waals surface area contributed by atoms with Gasteiger partial charge in [0.15, 0.2) is 0 Å². The van der Waals surface area contributed by atoms with Gasteiger partial charge in [-0.25, -0.2) is 4.21 Å². The first-order valence-corrected chi connectivity index (χ1v) is 13.5. The molecule has 0 radical (unpaired) electrons. The second-order valence-corrected chi connectivity index (χ2v) is 11.7. The Labute approximate surface area is 228 Å². The molecule has 206 valence electrons. The van der Waals surface area contributed by atoms with Crippen molar-refractivity contribution in [1.82, 2.24) is 0 Å². The number of alkyl halides is 6. The number of carbonyl (C=O) groups excluding carboxylic acids is 1. The molecule has 4 rings (SSSR count). The Morgan fingerprint density at radius 3 is 2.03 bits per heavy atom. The molecule has 1 aliphatic heterocycles. The number of oxime groups is 1. The Morgan fingerprint density at radius 2 is 1.51 bits per heavy atom. The largest absolute Gasteiger partial charge is 0.435 e. The topological polar surface area (TPSA) is 68.1 Å². The normalized spacial score (nSPS) is 19.2. The average molecular weight is 609 g/mol. The fourth-order valence-corrected chi connectivity index (χ4v) is 5.51. The summed E-state index contributed by atoms with van der Waals surface area (Å²) in [6.07, 6.45) is -9.08. The Balaban J connectivity index is 1.57. The van der Waals surface area contributed by atoms with Crippen LogP contribution in [0.5, 0.6) is 0 Å². The number of nitrogens with zero attached hydrogens (tertiary/aromatic N) is 2. The lowest BCUT2D eigenvalue weighted by Crippen LogP contribution is -2.42. The third-order valence-corrected chi connectivity index (χ3v) is 7.95. The van der Waals surface area contributed by atoms with Crippen molar-refractivity contribution < 1.29 is 40.2 Å². The van der Waals surface area contributed by atoms with Crippen LogP contribution in [-0.4, -0.2) is 28.3 Å². The highest BCUT2D eigenvalue weighted by molar-refractivity contribution is 7.93. The number of hydrogen-bond acceptors (Lipinski definition) is 4. The van der Waals surface area contributed by atoms with Gasteiger partial charge in [0, 0.05) is 38.7 Å². The maximum Gasteiger partial charge on any atom is 0.435 e. The number of amides is 1. The van der Waals surface area contributed by atoms with Gasteiger partial charge in [0.2, 0.25) is 0 Å². The van der Waals surface area contributed by atoms with Gasteiger partial charge in [-0.3, -0.25) is 4.79 Å². The molecule has 1 aliphatic rings. The zero-order valence-corrected chi connectivity index (χ0v) is 21.9. The second-order valence-electron chi connectivity index (χ2n) is 8.59. The summed E-state index contributed by atoms with van der Waals surface area (Å²) in [5.74, 6) is -0.934. The van der Waals surface area contributed by atoms with Crippen LogP contribution in [-0.2, 0) is 26.3 Å². The van der Waals surface area contributed by atoms with Gasteiger partial charge in [0.05, 0.1) is 21.0 Å².